The summed E-state index contributed by atoms with van der Waals surface area (Å²) in [5, 5.41) is 7.08. The highest BCUT2D eigenvalue weighted by Gasteiger charge is 2.07. The summed E-state index contributed by atoms with van der Waals surface area (Å²) in [5.41, 5.74) is 9.02. The van der Waals surface area contributed by atoms with Crippen LogP contribution in [0, 0.1) is 0 Å². The van der Waals surface area contributed by atoms with Crippen molar-refractivity contribution in [3.8, 4) is 0 Å². The fraction of sp³-hybridized carbons (Fsp3) is 0.375. The Bertz CT molecular complexity index is 616. The van der Waals surface area contributed by atoms with Crippen molar-refractivity contribution >= 4 is 11.6 Å². The molecule has 0 unspecified atom stereocenters. The number of anilines is 1. The Kier molecular flexibility index (Phi) is 4.98. The molecule has 2 aromatic rings. The van der Waals surface area contributed by atoms with Crippen LogP contribution in [0.15, 0.2) is 39.8 Å². The Labute approximate surface area is 125 Å². The Hall–Kier alpha value is -2.30. The van der Waals surface area contributed by atoms with Gasteiger partial charge in [-0.25, -0.2) is 4.99 Å². The second-order valence-electron chi connectivity index (χ2n) is 5.25. The summed E-state index contributed by atoms with van der Waals surface area (Å²) in [4.78, 5) is 4.27. The van der Waals surface area contributed by atoms with Crippen molar-refractivity contribution in [2.45, 2.75) is 39.7 Å². The Morgan fingerprint density at radius 2 is 2.19 bits per heavy atom. The van der Waals surface area contributed by atoms with E-state index in [0.29, 0.717) is 24.2 Å². The van der Waals surface area contributed by atoms with Crippen LogP contribution in [0.2, 0.25) is 0 Å². The predicted octanol–water partition coefficient (Wildman–Crippen LogP) is 3.29. The average molecular weight is 286 g/mol. The first-order valence-corrected chi connectivity index (χ1v) is 7.20. The fourth-order valence-corrected chi connectivity index (χ4v) is 1.90. The van der Waals surface area contributed by atoms with E-state index < -0.39 is 0 Å². The molecule has 0 radical (unpaired) electrons. The van der Waals surface area contributed by atoms with Gasteiger partial charge in [0.25, 0.3) is 0 Å². The molecule has 0 aliphatic rings. The molecular formula is C16H22N4O. The fourth-order valence-electron chi connectivity index (χ4n) is 1.90. The maximum atomic E-state index is 5.89. The van der Waals surface area contributed by atoms with E-state index in [0.717, 1.165) is 17.8 Å². The van der Waals surface area contributed by atoms with Gasteiger partial charge in [-0.15, -0.1) is 0 Å². The number of aliphatic imine (C=N–C) groups is 1. The first kappa shape index (κ1) is 15.1. The van der Waals surface area contributed by atoms with E-state index in [2.05, 4.69) is 48.4 Å². The summed E-state index contributed by atoms with van der Waals surface area (Å²) in [6, 6.07) is 10.0. The number of hydrogen-bond acceptors (Lipinski definition) is 3. The lowest BCUT2D eigenvalue weighted by atomic mass is 10.1. The van der Waals surface area contributed by atoms with E-state index in [1.165, 1.54) is 5.56 Å². The summed E-state index contributed by atoms with van der Waals surface area (Å²) in [7, 11) is 0. The number of aryl methyl sites for hydroxylation is 1. The molecule has 0 fully saturated rings. The zero-order valence-electron chi connectivity index (χ0n) is 12.8. The molecule has 0 atom stereocenters. The molecule has 1 heterocycles. The lowest BCUT2D eigenvalue weighted by Gasteiger charge is -2.06. The number of aromatic nitrogens is 1. The minimum Gasteiger partial charge on any atom is -0.370 e. The molecule has 5 nitrogen and oxygen atoms in total. The molecule has 0 aliphatic carbocycles. The van der Waals surface area contributed by atoms with Gasteiger partial charge in [0.15, 0.2) is 11.7 Å². The smallest absolute Gasteiger partial charge is 0.193 e. The molecule has 1 aromatic carbocycles. The van der Waals surface area contributed by atoms with E-state index in [4.69, 9.17) is 10.3 Å². The first-order valence-electron chi connectivity index (χ1n) is 7.20. The van der Waals surface area contributed by atoms with Gasteiger partial charge in [-0.1, -0.05) is 38.1 Å². The Balaban J connectivity index is 1.96. The number of guanidine groups is 1. The van der Waals surface area contributed by atoms with E-state index in [9.17, 15) is 0 Å². The third-order valence-corrected chi connectivity index (χ3v) is 3.18. The standard InChI is InChI=1S/C16H22N4O/c1-4-12-6-5-7-13(8-12)19-16(17)18-10-14-9-15(11(2)3)20-21-14/h5-9,11H,4,10H2,1-3H3,(H3,17,18,19). The van der Waals surface area contributed by atoms with Gasteiger partial charge >= 0.3 is 0 Å². The summed E-state index contributed by atoms with van der Waals surface area (Å²) in [6.45, 7) is 6.64. The summed E-state index contributed by atoms with van der Waals surface area (Å²) < 4.78 is 5.22. The molecule has 3 N–H and O–H groups in total. The molecule has 0 bridgehead atoms. The normalized spacial score (nSPS) is 11.9. The van der Waals surface area contributed by atoms with Gasteiger partial charge in [0.1, 0.15) is 6.54 Å². The molecule has 0 saturated carbocycles. The summed E-state index contributed by atoms with van der Waals surface area (Å²) in [6.07, 6.45) is 0.989. The molecule has 5 heteroatoms. The highest BCUT2D eigenvalue weighted by Crippen LogP contribution is 2.15. The topological polar surface area (TPSA) is 76.4 Å². The second kappa shape index (κ2) is 6.92. The van der Waals surface area contributed by atoms with E-state index in [1.54, 1.807) is 0 Å². The largest absolute Gasteiger partial charge is 0.370 e. The van der Waals surface area contributed by atoms with Crippen molar-refractivity contribution in [2.24, 2.45) is 10.7 Å². The average Bonchev–Trinajstić information content (AvgIpc) is 2.94. The van der Waals surface area contributed by atoms with E-state index in [1.807, 2.05) is 18.2 Å². The molecule has 0 aliphatic heterocycles. The molecule has 2 rings (SSSR count). The Morgan fingerprint density at radius 3 is 2.86 bits per heavy atom. The summed E-state index contributed by atoms with van der Waals surface area (Å²) >= 11 is 0. The first-order chi connectivity index (χ1) is 10.1. The van der Waals surface area contributed by atoms with Crippen molar-refractivity contribution in [2.75, 3.05) is 5.32 Å². The molecule has 0 amide bonds. The van der Waals surface area contributed by atoms with Gasteiger partial charge in [0, 0.05) is 11.8 Å². The highest BCUT2D eigenvalue weighted by molar-refractivity contribution is 5.92. The molecular weight excluding hydrogens is 264 g/mol. The van der Waals surface area contributed by atoms with Crippen molar-refractivity contribution in [1.82, 2.24) is 5.16 Å². The van der Waals surface area contributed by atoms with Crippen molar-refractivity contribution in [3.63, 3.8) is 0 Å². The lowest BCUT2D eigenvalue weighted by Crippen LogP contribution is -2.22. The molecule has 21 heavy (non-hydrogen) atoms. The minimum absolute atomic E-state index is 0.346. The monoisotopic (exact) mass is 286 g/mol. The number of rotatable bonds is 5. The van der Waals surface area contributed by atoms with Crippen LogP contribution in [0.5, 0.6) is 0 Å². The molecule has 0 spiro atoms. The van der Waals surface area contributed by atoms with Gasteiger partial charge in [-0.05, 0) is 30.0 Å². The zero-order valence-corrected chi connectivity index (χ0v) is 12.8. The van der Waals surface area contributed by atoms with Crippen molar-refractivity contribution < 1.29 is 4.52 Å². The Morgan fingerprint density at radius 1 is 1.38 bits per heavy atom. The number of hydrogen-bond donors (Lipinski definition) is 2. The second-order valence-corrected chi connectivity index (χ2v) is 5.25. The van der Waals surface area contributed by atoms with Crippen molar-refractivity contribution in [3.05, 3.63) is 47.3 Å². The maximum Gasteiger partial charge on any atom is 0.193 e. The van der Waals surface area contributed by atoms with Crippen LogP contribution in [0.25, 0.3) is 0 Å². The number of nitrogens with one attached hydrogen (secondary N) is 1. The van der Waals surface area contributed by atoms with Gasteiger partial charge in [-0.2, -0.15) is 0 Å². The third kappa shape index (κ3) is 4.34. The van der Waals surface area contributed by atoms with Crippen LogP contribution in [0.4, 0.5) is 5.69 Å². The molecule has 1 aromatic heterocycles. The highest BCUT2D eigenvalue weighted by atomic mass is 16.5. The zero-order chi connectivity index (χ0) is 15.2. The van der Waals surface area contributed by atoms with Crippen LogP contribution in [0.3, 0.4) is 0 Å². The van der Waals surface area contributed by atoms with Gasteiger partial charge < -0.3 is 15.6 Å². The van der Waals surface area contributed by atoms with Gasteiger partial charge in [-0.3, -0.25) is 0 Å². The van der Waals surface area contributed by atoms with Crippen LogP contribution in [0.1, 0.15) is 43.7 Å². The van der Waals surface area contributed by atoms with Gasteiger partial charge in [0.2, 0.25) is 0 Å². The molecule has 0 saturated heterocycles. The predicted molar refractivity (Wildman–Crippen MR) is 85.4 cm³/mol. The van der Waals surface area contributed by atoms with Crippen LogP contribution < -0.4 is 11.1 Å². The minimum atomic E-state index is 0.346. The van der Waals surface area contributed by atoms with Gasteiger partial charge in [0.05, 0.1) is 5.69 Å². The maximum absolute atomic E-state index is 5.89. The quantitative estimate of drug-likeness (QED) is 0.653. The number of nitrogens with two attached hydrogens (primary N) is 1. The number of benzene rings is 1. The van der Waals surface area contributed by atoms with Crippen LogP contribution >= 0.6 is 0 Å². The van der Waals surface area contributed by atoms with E-state index in [-0.39, 0.29) is 0 Å². The van der Waals surface area contributed by atoms with Crippen LogP contribution in [-0.4, -0.2) is 11.1 Å². The lowest BCUT2D eigenvalue weighted by molar-refractivity contribution is 0.376. The third-order valence-electron chi connectivity index (χ3n) is 3.18. The summed E-state index contributed by atoms with van der Waals surface area (Å²) in [5.74, 6) is 1.43. The molecule has 112 valence electrons. The van der Waals surface area contributed by atoms with Crippen LogP contribution in [-0.2, 0) is 13.0 Å². The number of nitrogens with zero attached hydrogens (tertiary/aromatic N) is 2. The van der Waals surface area contributed by atoms with Crippen molar-refractivity contribution in [1.29, 1.82) is 0 Å². The van der Waals surface area contributed by atoms with E-state index >= 15 is 0 Å². The SMILES string of the molecule is CCc1cccc(NC(N)=NCc2cc(C(C)C)no2)c1.